The fourth-order valence-electron chi connectivity index (χ4n) is 2.91. The van der Waals surface area contributed by atoms with Crippen LogP contribution >= 0.6 is 0 Å². The van der Waals surface area contributed by atoms with Gasteiger partial charge in [-0.05, 0) is 67.1 Å². The number of rotatable bonds is 6. The zero-order valence-electron chi connectivity index (χ0n) is 15.7. The Hall–Kier alpha value is -3.51. The molecule has 0 radical (unpaired) electrons. The van der Waals surface area contributed by atoms with E-state index in [1.165, 1.54) is 0 Å². The van der Waals surface area contributed by atoms with Crippen molar-refractivity contribution in [3.8, 4) is 22.8 Å². The number of hydrogen-bond donors (Lipinski definition) is 1. The fourth-order valence-corrected chi connectivity index (χ4v) is 4.24. The van der Waals surface area contributed by atoms with Gasteiger partial charge in [-0.3, -0.25) is 4.72 Å². The van der Waals surface area contributed by atoms with Crippen molar-refractivity contribution in [2.24, 2.45) is 0 Å². The molecule has 1 aromatic heterocycles. The third-order valence-electron chi connectivity index (χ3n) is 4.37. The Labute approximate surface area is 169 Å². The van der Waals surface area contributed by atoms with Crippen molar-refractivity contribution < 1.29 is 17.6 Å². The largest absolute Gasteiger partial charge is 0.464 e. The van der Waals surface area contributed by atoms with Gasteiger partial charge in [-0.1, -0.05) is 30.3 Å². The summed E-state index contributed by atoms with van der Waals surface area (Å²) in [6.45, 7) is 1.76. The summed E-state index contributed by atoms with van der Waals surface area (Å²) in [4.78, 5) is 0.205. The van der Waals surface area contributed by atoms with E-state index in [2.05, 4.69) is 4.72 Å². The third kappa shape index (κ3) is 4.33. The van der Waals surface area contributed by atoms with Crippen molar-refractivity contribution in [2.45, 2.75) is 11.8 Å². The molecule has 0 saturated heterocycles. The Kier molecular flexibility index (Phi) is 5.10. The van der Waals surface area contributed by atoms with Crippen molar-refractivity contribution in [1.29, 1.82) is 0 Å². The van der Waals surface area contributed by atoms with Crippen molar-refractivity contribution in [3.05, 3.63) is 96.8 Å². The molecule has 0 unspecified atom stereocenters. The predicted octanol–water partition coefficient (Wildman–Crippen LogP) is 5.85. The highest BCUT2D eigenvalue weighted by atomic mass is 32.2. The summed E-state index contributed by atoms with van der Waals surface area (Å²) in [6, 6.07) is 24.9. The van der Waals surface area contributed by atoms with Crippen LogP contribution in [0.15, 0.2) is 101 Å². The molecule has 4 rings (SSSR count). The first-order chi connectivity index (χ1) is 14.0. The van der Waals surface area contributed by atoms with Crippen LogP contribution in [0.5, 0.6) is 11.5 Å². The van der Waals surface area contributed by atoms with E-state index in [0.29, 0.717) is 34.1 Å². The van der Waals surface area contributed by atoms with Crippen LogP contribution in [0.25, 0.3) is 11.3 Å². The van der Waals surface area contributed by atoms with E-state index in [4.69, 9.17) is 9.15 Å². The Morgan fingerprint density at radius 1 is 0.828 bits per heavy atom. The first-order valence-electron chi connectivity index (χ1n) is 9.02. The van der Waals surface area contributed by atoms with Gasteiger partial charge in [0.25, 0.3) is 10.0 Å². The summed E-state index contributed by atoms with van der Waals surface area (Å²) in [5, 5.41) is 0. The first kappa shape index (κ1) is 18.8. The van der Waals surface area contributed by atoms with Crippen LogP contribution in [-0.2, 0) is 10.0 Å². The molecule has 5 nitrogen and oxygen atoms in total. The topological polar surface area (TPSA) is 68.5 Å². The quantitative estimate of drug-likeness (QED) is 0.437. The molecule has 6 heteroatoms. The predicted molar refractivity (Wildman–Crippen MR) is 113 cm³/mol. The molecule has 1 heterocycles. The molecule has 0 atom stereocenters. The number of ether oxygens (including phenoxy) is 1. The lowest BCUT2D eigenvalue weighted by Gasteiger charge is -2.12. The average Bonchev–Trinajstić information content (AvgIpc) is 3.25. The lowest BCUT2D eigenvalue weighted by atomic mass is 10.1. The van der Waals surface area contributed by atoms with Crippen LogP contribution in [0.1, 0.15) is 5.56 Å². The van der Waals surface area contributed by atoms with E-state index in [-0.39, 0.29) is 4.90 Å². The van der Waals surface area contributed by atoms with Crippen LogP contribution in [0.4, 0.5) is 5.69 Å². The van der Waals surface area contributed by atoms with Gasteiger partial charge < -0.3 is 9.15 Å². The summed E-state index contributed by atoms with van der Waals surface area (Å²) in [5.41, 5.74) is 1.80. The number of furan rings is 1. The summed E-state index contributed by atoms with van der Waals surface area (Å²) in [6.07, 6.45) is 1.56. The smallest absolute Gasteiger partial charge is 0.262 e. The Morgan fingerprint density at radius 2 is 1.55 bits per heavy atom. The van der Waals surface area contributed by atoms with Gasteiger partial charge in [-0.2, -0.15) is 0 Å². The second kappa shape index (κ2) is 7.85. The maximum absolute atomic E-state index is 12.9. The first-order valence-corrected chi connectivity index (χ1v) is 10.5. The molecule has 3 aromatic carbocycles. The molecule has 0 fully saturated rings. The van der Waals surface area contributed by atoms with Gasteiger partial charge in [0, 0.05) is 11.3 Å². The van der Waals surface area contributed by atoms with E-state index >= 15 is 0 Å². The molecule has 0 bridgehead atoms. The van der Waals surface area contributed by atoms with Crippen molar-refractivity contribution in [2.75, 3.05) is 4.72 Å². The highest BCUT2D eigenvalue weighted by molar-refractivity contribution is 7.92. The fraction of sp³-hybridized carbons (Fsp3) is 0.0435. The number of aryl methyl sites for hydroxylation is 1. The third-order valence-corrected chi connectivity index (χ3v) is 5.89. The molecule has 29 heavy (non-hydrogen) atoms. The van der Waals surface area contributed by atoms with Crippen molar-refractivity contribution in [3.63, 3.8) is 0 Å². The Bertz CT molecular complexity index is 1200. The zero-order valence-corrected chi connectivity index (χ0v) is 16.5. The molecule has 1 N–H and O–H groups in total. The minimum atomic E-state index is -3.76. The van der Waals surface area contributed by atoms with Gasteiger partial charge in [0.1, 0.15) is 17.3 Å². The maximum Gasteiger partial charge on any atom is 0.262 e. The maximum atomic E-state index is 12.9. The molecular formula is C23H19NO4S. The molecule has 146 valence electrons. The summed E-state index contributed by atoms with van der Waals surface area (Å²) in [5.74, 6) is 1.95. The Morgan fingerprint density at radius 3 is 2.24 bits per heavy atom. The SMILES string of the molecule is Cc1ccc(-c2ccco2)cc1S(=O)(=O)Nc1ccc(Oc2ccccc2)cc1. The number of anilines is 1. The molecule has 4 aromatic rings. The number of nitrogens with one attached hydrogen (secondary N) is 1. The second-order valence-electron chi connectivity index (χ2n) is 6.50. The van der Waals surface area contributed by atoms with Crippen LogP contribution in [0, 0.1) is 6.92 Å². The highest BCUT2D eigenvalue weighted by Gasteiger charge is 2.18. The van der Waals surface area contributed by atoms with Gasteiger partial charge in [-0.25, -0.2) is 8.42 Å². The van der Waals surface area contributed by atoms with E-state index in [1.54, 1.807) is 61.7 Å². The summed E-state index contributed by atoms with van der Waals surface area (Å²) >= 11 is 0. The van der Waals surface area contributed by atoms with E-state index in [1.807, 2.05) is 36.4 Å². The monoisotopic (exact) mass is 405 g/mol. The van der Waals surface area contributed by atoms with Gasteiger partial charge in [0.15, 0.2) is 0 Å². The van der Waals surface area contributed by atoms with Gasteiger partial charge in [0.05, 0.1) is 11.2 Å². The normalized spacial score (nSPS) is 11.2. The number of benzene rings is 3. The van der Waals surface area contributed by atoms with Gasteiger partial charge in [-0.15, -0.1) is 0 Å². The average molecular weight is 405 g/mol. The van der Waals surface area contributed by atoms with E-state index < -0.39 is 10.0 Å². The van der Waals surface area contributed by atoms with Gasteiger partial charge in [0.2, 0.25) is 0 Å². The number of para-hydroxylation sites is 1. The molecule has 0 aliphatic carbocycles. The highest BCUT2D eigenvalue weighted by Crippen LogP contribution is 2.28. The molecule has 0 aliphatic heterocycles. The number of hydrogen-bond acceptors (Lipinski definition) is 4. The second-order valence-corrected chi connectivity index (χ2v) is 8.15. The molecule has 0 saturated carbocycles. The Balaban J connectivity index is 1.55. The summed E-state index contributed by atoms with van der Waals surface area (Å²) in [7, 11) is -3.76. The molecule has 0 aliphatic rings. The van der Waals surface area contributed by atoms with Crippen LogP contribution in [0.3, 0.4) is 0 Å². The van der Waals surface area contributed by atoms with Crippen LogP contribution in [-0.4, -0.2) is 8.42 Å². The van der Waals surface area contributed by atoms with Crippen LogP contribution in [0.2, 0.25) is 0 Å². The lowest BCUT2D eigenvalue weighted by molar-refractivity contribution is 0.483. The molecular weight excluding hydrogens is 386 g/mol. The summed E-state index contributed by atoms with van der Waals surface area (Å²) < 4.78 is 39.6. The zero-order chi connectivity index (χ0) is 20.3. The van der Waals surface area contributed by atoms with Gasteiger partial charge >= 0.3 is 0 Å². The number of sulfonamides is 1. The lowest BCUT2D eigenvalue weighted by Crippen LogP contribution is -2.14. The van der Waals surface area contributed by atoms with Crippen molar-refractivity contribution >= 4 is 15.7 Å². The van der Waals surface area contributed by atoms with Crippen molar-refractivity contribution in [1.82, 2.24) is 0 Å². The molecule has 0 amide bonds. The minimum absolute atomic E-state index is 0.205. The van der Waals surface area contributed by atoms with Crippen LogP contribution < -0.4 is 9.46 Å². The molecule has 0 spiro atoms. The van der Waals surface area contributed by atoms with E-state index in [0.717, 1.165) is 0 Å². The van der Waals surface area contributed by atoms with E-state index in [9.17, 15) is 8.42 Å². The standard InChI is InChI=1S/C23H19NO4S/c1-17-9-10-18(22-8-5-15-27-22)16-23(17)29(25,26)24-19-11-13-21(14-12-19)28-20-6-3-2-4-7-20/h2-16,24H,1H3. The minimum Gasteiger partial charge on any atom is -0.464 e.